The Kier molecular flexibility index (Phi) is 7.55. The van der Waals surface area contributed by atoms with Crippen LogP contribution >= 0.6 is 23.4 Å². The van der Waals surface area contributed by atoms with Crippen LogP contribution in [0.3, 0.4) is 0 Å². The Balaban J connectivity index is 1.57. The van der Waals surface area contributed by atoms with Gasteiger partial charge in [0.25, 0.3) is 11.1 Å². The van der Waals surface area contributed by atoms with Crippen molar-refractivity contribution in [3.8, 4) is 5.75 Å². The molecule has 0 bridgehead atoms. The van der Waals surface area contributed by atoms with E-state index in [-0.39, 0.29) is 35.7 Å². The van der Waals surface area contributed by atoms with E-state index in [0.29, 0.717) is 10.7 Å². The van der Waals surface area contributed by atoms with Gasteiger partial charge >= 0.3 is 5.97 Å². The minimum Gasteiger partial charge on any atom is -0.497 e. The van der Waals surface area contributed by atoms with Gasteiger partial charge in [-0.2, -0.15) is 0 Å². The second-order valence-electron chi connectivity index (χ2n) is 6.75. The summed E-state index contributed by atoms with van der Waals surface area (Å²) in [6.07, 6.45) is 1.84. The predicted octanol–water partition coefficient (Wildman–Crippen LogP) is 4.50. The van der Waals surface area contributed by atoms with Gasteiger partial charge in [-0.3, -0.25) is 19.3 Å². The van der Waals surface area contributed by atoms with Crippen LogP contribution in [0.2, 0.25) is 5.02 Å². The van der Waals surface area contributed by atoms with Gasteiger partial charge in [-0.1, -0.05) is 23.7 Å². The summed E-state index contributed by atoms with van der Waals surface area (Å²) in [5, 5.41) is 11.6. The number of ether oxygens (including phenoxy) is 1. The number of aromatic carboxylic acids is 1. The number of benzene rings is 2. The molecule has 1 aliphatic heterocycles. The fourth-order valence-corrected chi connectivity index (χ4v) is 4.00. The second-order valence-corrected chi connectivity index (χ2v) is 8.18. The Bertz CT molecular complexity index is 1100. The third kappa shape index (κ3) is 5.68. The van der Waals surface area contributed by atoms with Crippen LogP contribution in [-0.2, 0) is 9.59 Å². The van der Waals surface area contributed by atoms with E-state index in [1.807, 2.05) is 0 Å². The van der Waals surface area contributed by atoms with Crippen molar-refractivity contribution in [3.05, 3.63) is 63.5 Å². The molecule has 1 aliphatic rings. The number of hydrogen-bond acceptors (Lipinski definition) is 6. The average molecular weight is 475 g/mol. The molecule has 166 valence electrons. The number of anilines is 1. The first-order valence-corrected chi connectivity index (χ1v) is 10.7. The number of carbonyl (C=O) groups excluding carboxylic acids is 3. The zero-order valence-electron chi connectivity index (χ0n) is 17.0. The summed E-state index contributed by atoms with van der Waals surface area (Å²) in [4.78, 5) is 49.7. The number of carboxylic acid groups (broad SMARTS) is 1. The first kappa shape index (κ1) is 23.4. The fourth-order valence-electron chi connectivity index (χ4n) is 2.96. The molecule has 0 atom stereocenters. The number of imide groups is 1. The maximum atomic E-state index is 12.6. The van der Waals surface area contributed by atoms with Gasteiger partial charge in [0.05, 0.1) is 23.3 Å². The van der Waals surface area contributed by atoms with E-state index < -0.39 is 23.0 Å². The molecule has 10 heteroatoms. The Morgan fingerprint density at radius 3 is 2.56 bits per heavy atom. The minimum atomic E-state index is -1.20. The van der Waals surface area contributed by atoms with E-state index in [2.05, 4.69) is 5.32 Å². The fraction of sp³-hybridized carbons (Fsp3) is 0.182. The third-order valence-electron chi connectivity index (χ3n) is 4.56. The molecule has 0 unspecified atom stereocenters. The molecule has 2 aromatic rings. The zero-order valence-corrected chi connectivity index (χ0v) is 18.5. The number of carbonyl (C=O) groups is 4. The van der Waals surface area contributed by atoms with Crippen LogP contribution in [0.5, 0.6) is 5.75 Å². The van der Waals surface area contributed by atoms with Crippen molar-refractivity contribution >= 4 is 58.1 Å². The number of amides is 3. The summed E-state index contributed by atoms with van der Waals surface area (Å²) >= 11 is 6.72. The van der Waals surface area contributed by atoms with Gasteiger partial charge in [-0.15, -0.1) is 0 Å². The van der Waals surface area contributed by atoms with Crippen LogP contribution in [0.4, 0.5) is 10.5 Å². The highest BCUT2D eigenvalue weighted by molar-refractivity contribution is 8.18. The number of carboxylic acids is 1. The molecule has 0 radical (unpaired) electrons. The molecule has 2 aromatic carbocycles. The van der Waals surface area contributed by atoms with Gasteiger partial charge in [0.2, 0.25) is 5.91 Å². The highest BCUT2D eigenvalue weighted by atomic mass is 35.5. The number of rotatable bonds is 8. The van der Waals surface area contributed by atoms with E-state index in [1.54, 1.807) is 37.5 Å². The first-order chi connectivity index (χ1) is 15.3. The highest BCUT2D eigenvalue weighted by Crippen LogP contribution is 2.32. The summed E-state index contributed by atoms with van der Waals surface area (Å²) in [6, 6.07) is 11.1. The first-order valence-electron chi connectivity index (χ1n) is 9.50. The van der Waals surface area contributed by atoms with Crippen molar-refractivity contribution in [2.45, 2.75) is 12.8 Å². The molecule has 8 nitrogen and oxygen atoms in total. The average Bonchev–Trinajstić information content (AvgIpc) is 3.01. The maximum absolute atomic E-state index is 12.6. The number of methoxy groups -OCH3 is 1. The second kappa shape index (κ2) is 10.3. The minimum absolute atomic E-state index is 0.00910. The molecular formula is C22H19ClN2O6S. The number of nitrogens with zero attached hydrogens (tertiary/aromatic N) is 1. The topological polar surface area (TPSA) is 113 Å². The third-order valence-corrected chi connectivity index (χ3v) is 5.70. The van der Waals surface area contributed by atoms with Crippen molar-refractivity contribution in [1.29, 1.82) is 0 Å². The van der Waals surface area contributed by atoms with Crippen molar-refractivity contribution in [2.75, 3.05) is 19.0 Å². The van der Waals surface area contributed by atoms with E-state index in [9.17, 15) is 24.3 Å². The molecule has 1 saturated heterocycles. The summed E-state index contributed by atoms with van der Waals surface area (Å²) in [5.74, 6) is -1.38. The molecular weight excluding hydrogens is 456 g/mol. The standard InChI is InChI=1S/C22H19ClN2O6S/c1-31-15-7-4-13(5-8-15)11-18-20(27)25(22(30)32-18)10-2-3-19(26)24-17-12-14(23)6-9-16(17)21(28)29/h4-9,11-12H,2-3,10H2,1H3,(H,24,26)(H,28,29)/b18-11+. The Morgan fingerprint density at radius 2 is 1.91 bits per heavy atom. The summed E-state index contributed by atoms with van der Waals surface area (Å²) in [6.45, 7) is 0.0688. The zero-order chi connectivity index (χ0) is 23.3. The quantitative estimate of drug-likeness (QED) is 0.541. The lowest BCUT2D eigenvalue weighted by molar-refractivity contribution is -0.123. The van der Waals surface area contributed by atoms with Crippen molar-refractivity contribution in [2.24, 2.45) is 0 Å². The van der Waals surface area contributed by atoms with Gasteiger partial charge in [-0.05, 0) is 60.2 Å². The van der Waals surface area contributed by atoms with Crippen LogP contribution in [0, 0.1) is 0 Å². The highest BCUT2D eigenvalue weighted by Gasteiger charge is 2.34. The molecule has 3 amide bonds. The van der Waals surface area contributed by atoms with Gasteiger partial charge in [-0.25, -0.2) is 4.79 Å². The molecule has 32 heavy (non-hydrogen) atoms. The normalized spacial score (nSPS) is 14.7. The van der Waals surface area contributed by atoms with E-state index in [4.69, 9.17) is 16.3 Å². The van der Waals surface area contributed by atoms with E-state index in [0.717, 1.165) is 22.2 Å². The monoisotopic (exact) mass is 474 g/mol. The lowest BCUT2D eigenvalue weighted by Gasteiger charge is -2.13. The van der Waals surface area contributed by atoms with Crippen LogP contribution < -0.4 is 10.1 Å². The van der Waals surface area contributed by atoms with Gasteiger partial charge in [0, 0.05) is 18.0 Å². The van der Waals surface area contributed by atoms with Gasteiger partial charge < -0.3 is 15.2 Å². The number of hydrogen-bond donors (Lipinski definition) is 2. The molecule has 2 N–H and O–H groups in total. The predicted molar refractivity (Wildman–Crippen MR) is 122 cm³/mol. The SMILES string of the molecule is COc1ccc(/C=C2/SC(=O)N(CCCC(=O)Nc3cc(Cl)ccc3C(=O)O)C2=O)cc1. The Labute approximate surface area is 193 Å². The summed E-state index contributed by atoms with van der Waals surface area (Å²) in [5.41, 5.74) is 0.757. The van der Waals surface area contributed by atoms with Gasteiger partial charge in [0.15, 0.2) is 0 Å². The lowest BCUT2D eigenvalue weighted by atomic mass is 10.1. The molecule has 0 aromatic heterocycles. The van der Waals surface area contributed by atoms with Crippen molar-refractivity contribution in [1.82, 2.24) is 4.90 Å². The Hall–Kier alpha value is -3.30. The molecule has 3 rings (SSSR count). The van der Waals surface area contributed by atoms with Crippen LogP contribution in [0.15, 0.2) is 47.4 Å². The lowest BCUT2D eigenvalue weighted by Crippen LogP contribution is -2.29. The van der Waals surface area contributed by atoms with Crippen LogP contribution in [0.1, 0.15) is 28.8 Å². The Morgan fingerprint density at radius 1 is 1.19 bits per heavy atom. The van der Waals surface area contributed by atoms with Crippen molar-refractivity contribution < 1.29 is 29.0 Å². The molecule has 0 spiro atoms. The number of thioether (sulfide) groups is 1. The summed E-state index contributed by atoms with van der Waals surface area (Å²) in [7, 11) is 1.56. The molecule has 0 aliphatic carbocycles. The van der Waals surface area contributed by atoms with E-state index >= 15 is 0 Å². The maximum Gasteiger partial charge on any atom is 0.337 e. The number of nitrogens with one attached hydrogen (secondary N) is 1. The summed E-state index contributed by atoms with van der Waals surface area (Å²) < 4.78 is 5.10. The van der Waals surface area contributed by atoms with Crippen LogP contribution in [-0.4, -0.2) is 46.7 Å². The largest absolute Gasteiger partial charge is 0.497 e. The molecule has 1 fully saturated rings. The van der Waals surface area contributed by atoms with Gasteiger partial charge in [0.1, 0.15) is 5.75 Å². The smallest absolute Gasteiger partial charge is 0.337 e. The molecule has 1 heterocycles. The van der Waals surface area contributed by atoms with Crippen LogP contribution in [0.25, 0.3) is 6.08 Å². The number of halogens is 1. The van der Waals surface area contributed by atoms with Crippen molar-refractivity contribution in [3.63, 3.8) is 0 Å². The van der Waals surface area contributed by atoms with E-state index in [1.165, 1.54) is 18.2 Å². The molecule has 0 saturated carbocycles.